The van der Waals surface area contributed by atoms with Gasteiger partial charge < -0.3 is 10.0 Å². The van der Waals surface area contributed by atoms with Crippen molar-refractivity contribution in [2.24, 2.45) is 0 Å². The van der Waals surface area contributed by atoms with Gasteiger partial charge in [0.05, 0.1) is 0 Å². The van der Waals surface area contributed by atoms with E-state index in [1.165, 1.54) is 12.1 Å². The van der Waals surface area contributed by atoms with Crippen molar-refractivity contribution in [3.05, 3.63) is 28.8 Å². The second-order valence-electron chi connectivity index (χ2n) is 2.23. The van der Waals surface area contributed by atoms with E-state index in [-0.39, 0.29) is 16.0 Å². The number of benzene rings is 1. The molecule has 0 fully saturated rings. The molecule has 5 heteroatoms. The molecule has 12 heavy (non-hydrogen) atoms. The van der Waals surface area contributed by atoms with Gasteiger partial charge in [-0.15, -0.1) is 0 Å². The molecule has 62 valence electrons. The van der Waals surface area contributed by atoms with E-state index in [0.29, 0.717) is 6.29 Å². The first-order valence-electron chi connectivity index (χ1n) is 3.26. The topological polar surface area (TPSA) is 57.5 Å². The molecule has 0 saturated carbocycles. The van der Waals surface area contributed by atoms with Gasteiger partial charge in [-0.1, -0.05) is 23.7 Å². The van der Waals surface area contributed by atoms with Gasteiger partial charge in [-0.05, 0) is 6.07 Å². The number of aldehydes is 1. The molecule has 0 saturated heterocycles. The number of hydrogen-bond acceptors (Lipinski definition) is 3. The first kappa shape index (κ1) is 9.25. The summed E-state index contributed by atoms with van der Waals surface area (Å²) in [6.45, 7) is 0. The predicted molar refractivity (Wildman–Crippen MR) is 46.7 cm³/mol. The van der Waals surface area contributed by atoms with Crippen LogP contribution in [0.2, 0.25) is 5.02 Å². The smallest absolute Gasteiger partial charge is 0.423 e. The Labute approximate surface area is 74.7 Å². The first-order chi connectivity index (χ1) is 5.66. The third-order valence-electron chi connectivity index (χ3n) is 1.47. The normalized spacial score (nSPS) is 9.58. The Hall–Kier alpha value is -0.835. The molecule has 0 bridgehead atoms. The third kappa shape index (κ3) is 1.66. The van der Waals surface area contributed by atoms with Gasteiger partial charge in [0.25, 0.3) is 0 Å². The largest absolute Gasteiger partial charge is 0.490 e. The molecule has 0 amide bonds. The van der Waals surface area contributed by atoms with Crippen molar-refractivity contribution >= 4 is 30.5 Å². The van der Waals surface area contributed by atoms with Gasteiger partial charge in [0, 0.05) is 16.0 Å². The van der Waals surface area contributed by atoms with Crippen LogP contribution in [-0.2, 0) is 0 Å². The highest BCUT2D eigenvalue weighted by molar-refractivity contribution is 6.64. The Balaban J connectivity index is 3.29. The summed E-state index contributed by atoms with van der Waals surface area (Å²) in [4.78, 5) is 10.4. The zero-order chi connectivity index (χ0) is 9.14. The summed E-state index contributed by atoms with van der Waals surface area (Å²) < 4.78 is 0. The number of carbonyl (C=O) groups is 1. The highest BCUT2D eigenvalue weighted by Gasteiger charge is 2.18. The first-order valence-corrected chi connectivity index (χ1v) is 3.64. The van der Waals surface area contributed by atoms with Crippen LogP contribution in [0.3, 0.4) is 0 Å². The average molecular weight is 184 g/mol. The molecule has 0 spiro atoms. The van der Waals surface area contributed by atoms with Gasteiger partial charge in [-0.25, -0.2) is 0 Å². The van der Waals surface area contributed by atoms with Gasteiger partial charge in [-0.2, -0.15) is 0 Å². The van der Waals surface area contributed by atoms with Crippen molar-refractivity contribution in [3.8, 4) is 0 Å². The number of hydrogen-bond donors (Lipinski definition) is 2. The standard InChI is InChI=1S/C7H6BClO3/c9-6-3-1-2-5(4-10)7(6)8(11)12/h1-4,11-12H. The molecule has 0 atom stereocenters. The molecule has 0 unspecified atom stereocenters. The van der Waals surface area contributed by atoms with Crippen LogP contribution in [0.25, 0.3) is 0 Å². The van der Waals surface area contributed by atoms with Crippen LogP contribution in [0, 0.1) is 0 Å². The molecule has 1 aromatic carbocycles. The SMILES string of the molecule is O=Cc1cccc(Cl)c1B(O)O. The van der Waals surface area contributed by atoms with E-state index >= 15 is 0 Å². The fraction of sp³-hybridized carbons (Fsp3) is 0. The lowest BCUT2D eigenvalue weighted by atomic mass is 9.77. The molecule has 3 nitrogen and oxygen atoms in total. The van der Waals surface area contributed by atoms with Crippen molar-refractivity contribution in [1.29, 1.82) is 0 Å². The summed E-state index contributed by atoms with van der Waals surface area (Å²) in [6, 6.07) is 4.52. The minimum Gasteiger partial charge on any atom is -0.423 e. The maximum absolute atomic E-state index is 10.4. The van der Waals surface area contributed by atoms with Crippen molar-refractivity contribution in [3.63, 3.8) is 0 Å². The van der Waals surface area contributed by atoms with Crippen LogP contribution in [0.4, 0.5) is 0 Å². The van der Waals surface area contributed by atoms with E-state index in [2.05, 4.69) is 0 Å². The second kappa shape index (κ2) is 3.71. The lowest BCUT2D eigenvalue weighted by Crippen LogP contribution is -2.33. The minimum absolute atomic E-state index is 0.0502. The minimum atomic E-state index is -1.71. The molecule has 0 aliphatic rings. The van der Waals surface area contributed by atoms with E-state index in [9.17, 15) is 4.79 Å². The fourth-order valence-corrected chi connectivity index (χ4v) is 1.21. The molecule has 2 N–H and O–H groups in total. The van der Waals surface area contributed by atoms with Gasteiger partial charge in [-0.3, -0.25) is 4.79 Å². The molecule has 1 rings (SSSR count). The third-order valence-corrected chi connectivity index (χ3v) is 1.80. The van der Waals surface area contributed by atoms with Gasteiger partial charge in [0.2, 0.25) is 0 Å². The molecule has 0 aromatic heterocycles. The van der Waals surface area contributed by atoms with E-state index in [1.54, 1.807) is 6.07 Å². The van der Waals surface area contributed by atoms with Crippen LogP contribution in [0.1, 0.15) is 10.4 Å². The van der Waals surface area contributed by atoms with E-state index in [4.69, 9.17) is 21.6 Å². The van der Waals surface area contributed by atoms with Crippen LogP contribution in [0.5, 0.6) is 0 Å². The lowest BCUT2D eigenvalue weighted by Gasteiger charge is -2.04. The van der Waals surface area contributed by atoms with E-state index < -0.39 is 7.12 Å². The Kier molecular flexibility index (Phi) is 2.86. The highest BCUT2D eigenvalue weighted by atomic mass is 35.5. The maximum atomic E-state index is 10.4. The van der Waals surface area contributed by atoms with Gasteiger partial charge >= 0.3 is 7.12 Å². The summed E-state index contributed by atoms with van der Waals surface area (Å²) in [5.41, 5.74) is 0.242. The van der Waals surface area contributed by atoms with Gasteiger partial charge in [0.1, 0.15) is 6.29 Å². The summed E-state index contributed by atoms with van der Waals surface area (Å²) in [6.07, 6.45) is 0.528. The van der Waals surface area contributed by atoms with Crippen LogP contribution in [-0.4, -0.2) is 23.5 Å². The molecule has 1 aromatic rings. The molecule has 0 radical (unpaired) electrons. The summed E-state index contributed by atoms with van der Waals surface area (Å²) in [5, 5.41) is 17.8. The quantitative estimate of drug-likeness (QED) is 0.496. The van der Waals surface area contributed by atoms with Crippen molar-refractivity contribution in [1.82, 2.24) is 0 Å². The zero-order valence-electron chi connectivity index (χ0n) is 6.07. The van der Waals surface area contributed by atoms with E-state index in [0.717, 1.165) is 0 Å². The Morgan fingerprint density at radius 3 is 2.50 bits per heavy atom. The van der Waals surface area contributed by atoms with E-state index in [1.807, 2.05) is 0 Å². The number of rotatable bonds is 2. The summed E-state index contributed by atoms with van der Waals surface area (Å²) in [7, 11) is -1.71. The zero-order valence-corrected chi connectivity index (χ0v) is 6.82. The lowest BCUT2D eigenvalue weighted by molar-refractivity contribution is 0.112. The van der Waals surface area contributed by atoms with Crippen molar-refractivity contribution in [2.45, 2.75) is 0 Å². The predicted octanol–water partition coefficient (Wildman–Crippen LogP) is -0.168. The van der Waals surface area contributed by atoms with Gasteiger partial charge in [0.15, 0.2) is 0 Å². The van der Waals surface area contributed by atoms with Crippen LogP contribution >= 0.6 is 11.6 Å². The summed E-state index contributed by atoms with van der Waals surface area (Å²) >= 11 is 5.62. The Morgan fingerprint density at radius 1 is 1.42 bits per heavy atom. The number of halogens is 1. The van der Waals surface area contributed by atoms with Crippen LogP contribution in [0.15, 0.2) is 18.2 Å². The van der Waals surface area contributed by atoms with Crippen molar-refractivity contribution in [2.75, 3.05) is 0 Å². The van der Waals surface area contributed by atoms with Crippen LogP contribution < -0.4 is 5.46 Å². The molecule has 0 aliphatic heterocycles. The average Bonchev–Trinajstić information content (AvgIpc) is 2.03. The molecular weight excluding hydrogens is 178 g/mol. The fourth-order valence-electron chi connectivity index (χ4n) is 0.929. The van der Waals surface area contributed by atoms with Crippen molar-refractivity contribution < 1.29 is 14.8 Å². The second-order valence-corrected chi connectivity index (χ2v) is 2.64. The molecule has 0 aliphatic carbocycles. The maximum Gasteiger partial charge on any atom is 0.490 e. The monoisotopic (exact) mass is 184 g/mol. The highest BCUT2D eigenvalue weighted by Crippen LogP contribution is 2.07. The molecule has 0 heterocycles. The Bertz CT molecular complexity index is 301. The molecular formula is C7H6BClO3. The number of carbonyl (C=O) groups excluding carboxylic acids is 1. The Morgan fingerprint density at radius 2 is 2.08 bits per heavy atom. The summed E-state index contributed by atoms with van der Waals surface area (Å²) in [5.74, 6) is 0.